The second-order valence-corrected chi connectivity index (χ2v) is 13.4. The van der Waals surface area contributed by atoms with Crippen LogP contribution in [0.5, 0.6) is 5.75 Å². The smallest absolute Gasteiger partial charge is 0.264 e. The van der Waals surface area contributed by atoms with Gasteiger partial charge in [0.2, 0.25) is 11.8 Å². The standard InChI is InChI=1S/C34H35Cl2N3O5S/c1-24(2)37-34(41)32(20-25-10-6-4-7-11-25)38(22-26-14-15-27(35)21-31(26)36)33(40)23-39(28-12-8-5-9-13-28)45(42,43)30-18-16-29(44-3)17-19-30/h4-19,21,24,32H,20,22-23H2,1-3H3,(H,37,41)/t32-/m1/s1. The third-order valence-electron chi connectivity index (χ3n) is 7.03. The minimum Gasteiger partial charge on any atom is -0.497 e. The number of para-hydroxylation sites is 1. The molecule has 1 atom stereocenters. The van der Waals surface area contributed by atoms with Crippen LogP contribution in [0.15, 0.2) is 108 Å². The molecule has 2 amide bonds. The third-order valence-corrected chi connectivity index (χ3v) is 9.40. The Balaban J connectivity index is 1.80. The average molecular weight is 669 g/mol. The second kappa shape index (κ2) is 15.3. The summed E-state index contributed by atoms with van der Waals surface area (Å²) >= 11 is 12.7. The topological polar surface area (TPSA) is 96.0 Å². The Kier molecular flexibility index (Phi) is 11.5. The molecule has 0 bridgehead atoms. The van der Waals surface area contributed by atoms with E-state index in [0.717, 1.165) is 9.87 Å². The molecule has 0 saturated carbocycles. The van der Waals surface area contributed by atoms with E-state index >= 15 is 0 Å². The van der Waals surface area contributed by atoms with Gasteiger partial charge in [-0.25, -0.2) is 8.42 Å². The molecule has 0 radical (unpaired) electrons. The lowest BCUT2D eigenvalue weighted by Crippen LogP contribution is -2.54. The van der Waals surface area contributed by atoms with Crippen LogP contribution in [0.2, 0.25) is 10.0 Å². The lowest BCUT2D eigenvalue weighted by molar-refractivity contribution is -0.140. The molecule has 0 unspecified atom stereocenters. The number of halogens is 2. The van der Waals surface area contributed by atoms with Crippen LogP contribution in [-0.2, 0) is 32.6 Å². The van der Waals surface area contributed by atoms with Crippen LogP contribution in [0.1, 0.15) is 25.0 Å². The molecule has 0 aromatic heterocycles. The predicted molar refractivity (Wildman–Crippen MR) is 178 cm³/mol. The van der Waals surface area contributed by atoms with Gasteiger partial charge in [-0.3, -0.25) is 13.9 Å². The summed E-state index contributed by atoms with van der Waals surface area (Å²) in [4.78, 5) is 29.6. The monoisotopic (exact) mass is 667 g/mol. The fraction of sp³-hybridized carbons (Fsp3) is 0.235. The maximum Gasteiger partial charge on any atom is 0.264 e. The summed E-state index contributed by atoms with van der Waals surface area (Å²) in [7, 11) is -2.74. The van der Waals surface area contributed by atoms with Crippen molar-refractivity contribution in [3.05, 3.63) is 124 Å². The average Bonchev–Trinajstić information content (AvgIpc) is 3.02. The highest BCUT2D eigenvalue weighted by Crippen LogP contribution is 2.28. The Bertz CT molecular complexity index is 1700. The van der Waals surface area contributed by atoms with Gasteiger partial charge in [-0.2, -0.15) is 0 Å². The van der Waals surface area contributed by atoms with Gasteiger partial charge in [-0.1, -0.05) is 77.8 Å². The van der Waals surface area contributed by atoms with Gasteiger partial charge >= 0.3 is 0 Å². The molecule has 0 aliphatic heterocycles. The van der Waals surface area contributed by atoms with Crippen molar-refractivity contribution in [3.63, 3.8) is 0 Å². The van der Waals surface area contributed by atoms with E-state index in [0.29, 0.717) is 21.4 Å². The summed E-state index contributed by atoms with van der Waals surface area (Å²) in [6.45, 7) is 3.02. The molecular formula is C34H35Cl2N3O5S. The molecule has 0 fully saturated rings. The van der Waals surface area contributed by atoms with Crippen molar-refractivity contribution < 1.29 is 22.7 Å². The zero-order valence-electron chi connectivity index (χ0n) is 25.2. The third kappa shape index (κ3) is 8.78. The van der Waals surface area contributed by atoms with E-state index in [-0.39, 0.29) is 35.5 Å². The minimum atomic E-state index is -4.23. The summed E-state index contributed by atoms with van der Waals surface area (Å²) in [6.07, 6.45) is 0.187. The first-order valence-electron chi connectivity index (χ1n) is 14.3. The van der Waals surface area contributed by atoms with Gasteiger partial charge in [-0.05, 0) is 73.5 Å². The molecule has 0 heterocycles. The van der Waals surface area contributed by atoms with Crippen molar-refractivity contribution in [2.75, 3.05) is 18.0 Å². The molecule has 0 aliphatic rings. The highest BCUT2D eigenvalue weighted by Gasteiger charge is 2.35. The van der Waals surface area contributed by atoms with Gasteiger partial charge in [0, 0.05) is 29.1 Å². The number of methoxy groups -OCH3 is 1. The number of rotatable bonds is 13. The Hall–Kier alpha value is -4.05. The Morgan fingerprint density at radius 1 is 0.867 bits per heavy atom. The number of sulfonamides is 1. The van der Waals surface area contributed by atoms with Crippen LogP contribution in [0.25, 0.3) is 0 Å². The number of nitrogens with one attached hydrogen (secondary N) is 1. The van der Waals surface area contributed by atoms with Gasteiger partial charge in [-0.15, -0.1) is 0 Å². The predicted octanol–water partition coefficient (Wildman–Crippen LogP) is 6.36. The van der Waals surface area contributed by atoms with Crippen LogP contribution in [-0.4, -0.2) is 50.9 Å². The number of ether oxygens (including phenoxy) is 1. The summed E-state index contributed by atoms with van der Waals surface area (Å²) in [5.41, 5.74) is 1.67. The maximum atomic E-state index is 14.5. The van der Waals surface area contributed by atoms with E-state index in [9.17, 15) is 18.0 Å². The first-order valence-corrected chi connectivity index (χ1v) is 16.5. The Morgan fingerprint density at radius 2 is 1.49 bits per heavy atom. The number of nitrogens with zero attached hydrogens (tertiary/aromatic N) is 2. The van der Waals surface area contributed by atoms with E-state index in [2.05, 4.69) is 5.32 Å². The number of benzene rings is 4. The van der Waals surface area contributed by atoms with E-state index < -0.39 is 28.5 Å². The normalized spacial score (nSPS) is 12.0. The first-order chi connectivity index (χ1) is 21.5. The van der Waals surface area contributed by atoms with E-state index in [1.54, 1.807) is 60.7 Å². The molecule has 45 heavy (non-hydrogen) atoms. The molecular weight excluding hydrogens is 633 g/mol. The largest absolute Gasteiger partial charge is 0.497 e. The molecule has 0 aliphatic carbocycles. The molecule has 8 nitrogen and oxygen atoms in total. The lowest BCUT2D eigenvalue weighted by Gasteiger charge is -2.34. The van der Waals surface area contributed by atoms with E-state index in [4.69, 9.17) is 27.9 Å². The number of hydrogen-bond acceptors (Lipinski definition) is 5. The molecule has 11 heteroatoms. The van der Waals surface area contributed by atoms with Gasteiger partial charge < -0.3 is 15.0 Å². The summed E-state index contributed by atoms with van der Waals surface area (Å²) in [5, 5.41) is 3.66. The quantitative estimate of drug-likeness (QED) is 0.179. The van der Waals surface area contributed by atoms with Gasteiger partial charge in [0.05, 0.1) is 17.7 Å². The van der Waals surface area contributed by atoms with Crippen molar-refractivity contribution in [2.24, 2.45) is 0 Å². The van der Waals surface area contributed by atoms with Crippen molar-refractivity contribution in [2.45, 2.75) is 43.8 Å². The summed E-state index contributed by atoms with van der Waals surface area (Å²) in [6, 6.07) is 27.3. The van der Waals surface area contributed by atoms with E-state index in [1.165, 1.54) is 24.1 Å². The number of amides is 2. The first kappa shape index (κ1) is 33.8. The van der Waals surface area contributed by atoms with E-state index in [1.807, 2.05) is 44.2 Å². The summed E-state index contributed by atoms with van der Waals surface area (Å²) < 4.78 is 34.4. The zero-order valence-corrected chi connectivity index (χ0v) is 27.5. The molecule has 4 aromatic carbocycles. The number of hydrogen-bond donors (Lipinski definition) is 1. The zero-order chi connectivity index (χ0) is 32.6. The molecule has 0 saturated heterocycles. The van der Waals surface area contributed by atoms with Crippen LogP contribution in [0.4, 0.5) is 5.69 Å². The number of carbonyl (C=O) groups excluding carboxylic acids is 2. The maximum absolute atomic E-state index is 14.5. The van der Waals surface area contributed by atoms with Crippen LogP contribution in [0.3, 0.4) is 0 Å². The molecule has 4 rings (SSSR count). The van der Waals surface area contributed by atoms with Crippen molar-refractivity contribution in [1.82, 2.24) is 10.2 Å². The fourth-order valence-electron chi connectivity index (χ4n) is 4.77. The van der Waals surface area contributed by atoms with Crippen molar-refractivity contribution in [1.29, 1.82) is 0 Å². The molecule has 1 N–H and O–H groups in total. The van der Waals surface area contributed by atoms with Crippen LogP contribution >= 0.6 is 23.2 Å². The van der Waals surface area contributed by atoms with Crippen LogP contribution < -0.4 is 14.4 Å². The molecule has 0 spiro atoms. The second-order valence-electron chi connectivity index (χ2n) is 10.6. The number of anilines is 1. The fourth-order valence-corrected chi connectivity index (χ4v) is 6.65. The van der Waals surface area contributed by atoms with Crippen molar-refractivity contribution >= 4 is 50.7 Å². The van der Waals surface area contributed by atoms with Crippen LogP contribution in [0, 0.1) is 0 Å². The Morgan fingerprint density at radius 3 is 2.07 bits per heavy atom. The van der Waals surface area contributed by atoms with Gasteiger partial charge in [0.25, 0.3) is 10.0 Å². The van der Waals surface area contributed by atoms with Gasteiger partial charge in [0.15, 0.2) is 0 Å². The highest BCUT2D eigenvalue weighted by molar-refractivity contribution is 7.92. The number of carbonyl (C=O) groups is 2. The van der Waals surface area contributed by atoms with Crippen molar-refractivity contribution in [3.8, 4) is 5.75 Å². The SMILES string of the molecule is COc1ccc(S(=O)(=O)N(CC(=O)N(Cc2ccc(Cl)cc2Cl)[C@H](Cc2ccccc2)C(=O)NC(C)C)c2ccccc2)cc1. The highest BCUT2D eigenvalue weighted by atomic mass is 35.5. The lowest BCUT2D eigenvalue weighted by atomic mass is 10.0. The molecule has 4 aromatic rings. The minimum absolute atomic E-state index is 0.0226. The van der Waals surface area contributed by atoms with Gasteiger partial charge in [0.1, 0.15) is 18.3 Å². The Labute approximate surface area is 274 Å². The summed E-state index contributed by atoms with van der Waals surface area (Å²) in [5.74, 6) is -0.486. The molecule has 236 valence electrons.